The molecule has 3 nitrogen and oxygen atoms in total. The molecule has 0 aromatic heterocycles. The fraction of sp³-hybridized carbons (Fsp3) is 0.909. The molecule has 0 bridgehead atoms. The van der Waals surface area contributed by atoms with Crippen LogP contribution in [0.15, 0.2) is 0 Å². The molecular weight excluding hydrogens is 242 g/mol. The summed E-state index contributed by atoms with van der Waals surface area (Å²) in [6.07, 6.45) is 4.40. The fourth-order valence-corrected chi connectivity index (χ4v) is 4.80. The molecule has 0 aromatic carbocycles. The molecule has 16 heavy (non-hydrogen) atoms. The van der Waals surface area contributed by atoms with Crippen LogP contribution in [0, 0.1) is 23.2 Å². The van der Waals surface area contributed by atoms with E-state index in [1.54, 1.807) is 11.8 Å². The van der Waals surface area contributed by atoms with E-state index in [1.165, 1.54) is 6.26 Å². The zero-order valence-electron chi connectivity index (χ0n) is 9.85. The van der Waals surface area contributed by atoms with Crippen molar-refractivity contribution in [1.29, 1.82) is 5.26 Å². The molecule has 1 aliphatic rings. The van der Waals surface area contributed by atoms with Crippen molar-refractivity contribution in [2.75, 3.05) is 17.8 Å². The van der Waals surface area contributed by atoms with Gasteiger partial charge in [-0.2, -0.15) is 17.0 Å². The Labute approximate surface area is 103 Å². The summed E-state index contributed by atoms with van der Waals surface area (Å²) in [6.45, 7) is 2.21. The Morgan fingerprint density at radius 1 is 1.44 bits per heavy atom. The van der Waals surface area contributed by atoms with Crippen molar-refractivity contribution in [3.63, 3.8) is 0 Å². The second-order valence-corrected chi connectivity index (χ2v) is 8.30. The van der Waals surface area contributed by atoms with Gasteiger partial charge in [0.15, 0.2) is 0 Å². The average Bonchev–Trinajstić information content (AvgIpc) is 2.16. The van der Waals surface area contributed by atoms with Gasteiger partial charge >= 0.3 is 0 Å². The van der Waals surface area contributed by atoms with Gasteiger partial charge in [-0.05, 0) is 25.2 Å². The Morgan fingerprint density at radius 2 is 2.12 bits per heavy atom. The van der Waals surface area contributed by atoms with Crippen LogP contribution < -0.4 is 0 Å². The van der Waals surface area contributed by atoms with Crippen molar-refractivity contribution in [3.8, 4) is 6.07 Å². The van der Waals surface area contributed by atoms with E-state index in [2.05, 4.69) is 13.0 Å². The lowest BCUT2D eigenvalue weighted by Crippen LogP contribution is -2.26. The predicted molar refractivity (Wildman–Crippen MR) is 68.1 cm³/mol. The maximum Gasteiger partial charge on any atom is 0.148 e. The minimum absolute atomic E-state index is 0.112. The fourth-order valence-electron chi connectivity index (χ4n) is 2.01. The number of nitrogens with zero attached hydrogens (tertiary/aromatic N) is 1. The topological polar surface area (TPSA) is 57.9 Å². The first-order valence-electron chi connectivity index (χ1n) is 5.61. The van der Waals surface area contributed by atoms with E-state index in [0.717, 1.165) is 19.3 Å². The largest absolute Gasteiger partial charge is 0.229 e. The Kier molecular flexibility index (Phi) is 5.13. The first kappa shape index (κ1) is 13.9. The highest BCUT2D eigenvalue weighted by molar-refractivity contribution is 8.01. The van der Waals surface area contributed by atoms with E-state index in [0.29, 0.717) is 16.9 Å². The van der Waals surface area contributed by atoms with Gasteiger partial charge in [0.2, 0.25) is 0 Å². The Hall–Kier alpha value is -0.210. The quantitative estimate of drug-likeness (QED) is 0.777. The third kappa shape index (κ3) is 4.75. The molecule has 0 amide bonds. The van der Waals surface area contributed by atoms with Gasteiger partial charge in [0.25, 0.3) is 0 Å². The molecule has 0 N–H and O–H groups in total. The summed E-state index contributed by atoms with van der Waals surface area (Å²) < 4.78 is 22.0. The molecule has 0 spiro atoms. The van der Waals surface area contributed by atoms with Gasteiger partial charge in [0.1, 0.15) is 9.84 Å². The molecule has 3 atom stereocenters. The molecule has 92 valence electrons. The van der Waals surface area contributed by atoms with E-state index in [1.807, 2.05) is 0 Å². The van der Waals surface area contributed by atoms with Crippen molar-refractivity contribution in [2.24, 2.45) is 11.8 Å². The van der Waals surface area contributed by atoms with Gasteiger partial charge in [-0.3, -0.25) is 0 Å². The molecule has 1 aliphatic carbocycles. The first-order valence-corrected chi connectivity index (χ1v) is 8.72. The lowest BCUT2D eigenvalue weighted by atomic mass is 9.83. The molecule has 1 saturated carbocycles. The minimum atomic E-state index is -2.87. The van der Waals surface area contributed by atoms with Crippen LogP contribution in [0.25, 0.3) is 0 Å². The zero-order chi connectivity index (χ0) is 12.2. The molecule has 3 unspecified atom stereocenters. The third-order valence-corrected chi connectivity index (χ3v) is 5.60. The van der Waals surface area contributed by atoms with Crippen LogP contribution in [0.3, 0.4) is 0 Å². The van der Waals surface area contributed by atoms with Crippen LogP contribution in [0.1, 0.15) is 26.2 Å². The van der Waals surface area contributed by atoms with Gasteiger partial charge in [0.05, 0.1) is 17.7 Å². The second-order valence-electron chi connectivity index (χ2n) is 4.69. The van der Waals surface area contributed by atoms with E-state index >= 15 is 0 Å². The number of rotatable bonds is 4. The van der Waals surface area contributed by atoms with Gasteiger partial charge in [-0.15, -0.1) is 0 Å². The lowest BCUT2D eigenvalue weighted by molar-refractivity contribution is 0.346. The summed E-state index contributed by atoms with van der Waals surface area (Å²) in [7, 11) is -2.87. The molecule has 0 heterocycles. The highest BCUT2D eigenvalue weighted by Crippen LogP contribution is 2.36. The summed E-state index contributed by atoms with van der Waals surface area (Å²) >= 11 is 1.66. The molecular formula is C11H19NO2S2. The van der Waals surface area contributed by atoms with Gasteiger partial charge in [0, 0.05) is 17.3 Å². The molecule has 0 aromatic rings. The predicted octanol–water partition coefficient (Wildman–Crippen LogP) is 2.09. The van der Waals surface area contributed by atoms with Crippen LogP contribution in [-0.4, -0.2) is 31.4 Å². The van der Waals surface area contributed by atoms with Crippen molar-refractivity contribution in [3.05, 3.63) is 0 Å². The Morgan fingerprint density at radius 3 is 2.69 bits per heavy atom. The van der Waals surface area contributed by atoms with Crippen molar-refractivity contribution >= 4 is 21.6 Å². The summed E-state index contributed by atoms with van der Waals surface area (Å²) in [5.74, 6) is 1.62. The monoisotopic (exact) mass is 261 g/mol. The van der Waals surface area contributed by atoms with E-state index in [9.17, 15) is 8.42 Å². The Balaban J connectivity index is 2.41. The number of thioether (sulfide) groups is 1. The van der Waals surface area contributed by atoms with Gasteiger partial charge in [-0.25, -0.2) is 8.42 Å². The molecule has 5 heteroatoms. The summed E-state index contributed by atoms with van der Waals surface area (Å²) in [5, 5.41) is 9.35. The maximum atomic E-state index is 11.0. The van der Waals surface area contributed by atoms with E-state index in [-0.39, 0.29) is 11.7 Å². The van der Waals surface area contributed by atoms with Gasteiger partial charge < -0.3 is 0 Å². The van der Waals surface area contributed by atoms with Crippen molar-refractivity contribution < 1.29 is 8.42 Å². The second kappa shape index (κ2) is 5.92. The highest BCUT2D eigenvalue weighted by Gasteiger charge is 2.28. The van der Waals surface area contributed by atoms with Crippen LogP contribution in [-0.2, 0) is 9.84 Å². The van der Waals surface area contributed by atoms with Crippen LogP contribution in [0.2, 0.25) is 0 Å². The summed E-state index contributed by atoms with van der Waals surface area (Å²) in [4.78, 5) is 0. The molecule has 1 fully saturated rings. The van der Waals surface area contributed by atoms with Crippen LogP contribution in [0.5, 0.6) is 0 Å². The molecule has 0 aliphatic heterocycles. The smallest absolute Gasteiger partial charge is 0.148 e. The normalized spacial score (nSPS) is 30.9. The summed E-state index contributed by atoms with van der Waals surface area (Å²) in [6, 6.07) is 2.35. The zero-order valence-corrected chi connectivity index (χ0v) is 11.5. The van der Waals surface area contributed by atoms with Crippen molar-refractivity contribution in [2.45, 2.75) is 31.4 Å². The number of sulfone groups is 1. The van der Waals surface area contributed by atoms with Gasteiger partial charge in [-0.1, -0.05) is 6.92 Å². The van der Waals surface area contributed by atoms with Crippen molar-refractivity contribution in [1.82, 2.24) is 0 Å². The van der Waals surface area contributed by atoms with E-state index < -0.39 is 9.84 Å². The van der Waals surface area contributed by atoms with E-state index in [4.69, 9.17) is 5.26 Å². The molecule has 0 saturated heterocycles. The highest BCUT2D eigenvalue weighted by atomic mass is 32.2. The molecule has 1 rings (SSSR count). The number of hydrogen-bond acceptors (Lipinski definition) is 4. The average molecular weight is 261 g/mol. The third-order valence-electron chi connectivity index (χ3n) is 3.01. The minimum Gasteiger partial charge on any atom is -0.229 e. The number of nitriles is 1. The first-order chi connectivity index (χ1) is 7.42. The van der Waals surface area contributed by atoms with Crippen LogP contribution >= 0.6 is 11.8 Å². The lowest BCUT2D eigenvalue weighted by Gasteiger charge is -2.30. The SMILES string of the molecule is CC1CCC(C#N)C(SCCS(C)(=O)=O)C1. The number of hydrogen-bond donors (Lipinski definition) is 0. The standard InChI is InChI=1S/C11H19NO2S2/c1-9-3-4-10(8-12)11(7-9)15-5-6-16(2,13)14/h9-11H,3-7H2,1-2H3. The summed E-state index contributed by atoms with van der Waals surface area (Å²) in [5.41, 5.74) is 0. The van der Waals surface area contributed by atoms with Crippen LogP contribution in [0.4, 0.5) is 0 Å². The maximum absolute atomic E-state index is 11.0. The molecule has 0 radical (unpaired) electrons. The Bertz CT molecular complexity index is 359.